The Labute approximate surface area is 128 Å². The molecule has 2 aromatic heterocycles. The zero-order valence-electron chi connectivity index (χ0n) is 12.2. The number of piperidine rings is 1. The highest BCUT2D eigenvalue weighted by Crippen LogP contribution is 2.24. The van der Waals surface area contributed by atoms with Gasteiger partial charge in [0.2, 0.25) is 0 Å². The van der Waals surface area contributed by atoms with Gasteiger partial charge >= 0.3 is 0 Å². The molecule has 0 radical (unpaired) electrons. The van der Waals surface area contributed by atoms with Crippen LogP contribution in [-0.4, -0.2) is 28.0 Å². The third-order valence-corrected chi connectivity index (χ3v) is 4.18. The molecule has 22 heavy (non-hydrogen) atoms. The van der Waals surface area contributed by atoms with Gasteiger partial charge < -0.3 is 9.88 Å². The Bertz CT molecular complexity index is 788. The number of nitrogens with zero attached hydrogens (tertiary/aromatic N) is 3. The van der Waals surface area contributed by atoms with Gasteiger partial charge in [-0.3, -0.25) is 0 Å². The van der Waals surface area contributed by atoms with Crippen LogP contribution >= 0.6 is 0 Å². The molecule has 4 rings (SSSR count). The number of fused-ring (bicyclic) bond motifs is 1. The summed E-state index contributed by atoms with van der Waals surface area (Å²) in [6, 6.07) is 6.69. The van der Waals surface area contributed by atoms with Gasteiger partial charge in [0.25, 0.3) is 0 Å². The van der Waals surface area contributed by atoms with E-state index in [0.29, 0.717) is 0 Å². The summed E-state index contributed by atoms with van der Waals surface area (Å²) in [6.45, 7) is 2.11. The smallest absolute Gasteiger partial charge is 0.147 e. The van der Waals surface area contributed by atoms with Crippen LogP contribution in [0.15, 0.2) is 36.7 Å². The fourth-order valence-electron chi connectivity index (χ4n) is 2.98. The summed E-state index contributed by atoms with van der Waals surface area (Å²) in [5, 5.41) is 0.971. The van der Waals surface area contributed by atoms with E-state index in [4.69, 9.17) is 0 Å². The summed E-state index contributed by atoms with van der Waals surface area (Å²) in [5.41, 5.74) is 2.41. The topological polar surface area (TPSA) is 44.8 Å². The number of aromatic nitrogens is 3. The molecule has 1 fully saturated rings. The van der Waals surface area contributed by atoms with Crippen molar-refractivity contribution < 1.29 is 4.39 Å². The molecule has 0 aliphatic carbocycles. The lowest BCUT2D eigenvalue weighted by molar-refractivity contribution is 0.573. The molecule has 0 unspecified atom stereocenters. The third-order valence-electron chi connectivity index (χ3n) is 4.18. The maximum Gasteiger partial charge on any atom is 0.147 e. The Morgan fingerprint density at radius 3 is 2.64 bits per heavy atom. The van der Waals surface area contributed by atoms with E-state index in [1.54, 1.807) is 12.3 Å². The second-order valence-electron chi connectivity index (χ2n) is 5.72. The van der Waals surface area contributed by atoms with Gasteiger partial charge in [-0.05, 0) is 43.5 Å². The van der Waals surface area contributed by atoms with Crippen LogP contribution in [0.2, 0.25) is 0 Å². The molecule has 4 nitrogen and oxygen atoms in total. The first-order valence-corrected chi connectivity index (χ1v) is 7.65. The van der Waals surface area contributed by atoms with E-state index in [0.717, 1.165) is 41.2 Å². The van der Waals surface area contributed by atoms with E-state index in [-0.39, 0.29) is 5.82 Å². The Morgan fingerprint density at radius 2 is 1.86 bits per heavy atom. The van der Waals surface area contributed by atoms with Crippen molar-refractivity contribution in [3.05, 3.63) is 42.5 Å². The lowest BCUT2D eigenvalue weighted by atomic mass is 10.1. The summed E-state index contributed by atoms with van der Waals surface area (Å²) < 4.78 is 13.3. The van der Waals surface area contributed by atoms with Crippen LogP contribution in [0.1, 0.15) is 19.3 Å². The molecule has 1 N–H and O–H groups in total. The molecule has 0 atom stereocenters. The van der Waals surface area contributed by atoms with Crippen LogP contribution < -0.4 is 4.90 Å². The molecule has 0 saturated carbocycles. The monoisotopic (exact) mass is 296 g/mol. The molecule has 3 aromatic rings. The van der Waals surface area contributed by atoms with E-state index in [9.17, 15) is 4.39 Å². The van der Waals surface area contributed by atoms with Crippen molar-refractivity contribution in [3.63, 3.8) is 0 Å². The largest absolute Gasteiger partial charge is 0.355 e. The maximum atomic E-state index is 13.3. The van der Waals surface area contributed by atoms with Crippen LogP contribution in [0.5, 0.6) is 0 Å². The number of H-pyrrole nitrogens is 1. The molecular formula is C17H17FN4. The molecule has 0 bridgehead atoms. The van der Waals surface area contributed by atoms with Crippen LogP contribution in [0.3, 0.4) is 0 Å². The van der Waals surface area contributed by atoms with Crippen molar-refractivity contribution in [2.45, 2.75) is 19.3 Å². The summed E-state index contributed by atoms with van der Waals surface area (Å²) in [6.07, 6.45) is 7.35. The minimum absolute atomic E-state index is 0.243. The Kier molecular flexibility index (Phi) is 3.25. The first-order chi connectivity index (χ1) is 10.8. The molecule has 112 valence electrons. The summed E-state index contributed by atoms with van der Waals surface area (Å²) >= 11 is 0. The minimum Gasteiger partial charge on any atom is -0.355 e. The molecule has 0 spiro atoms. The Hall–Kier alpha value is -2.43. The van der Waals surface area contributed by atoms with E-state index in [1.807, 2.05) is 12.3 Å². The average Bonchev–Trinajstić information content (AvgIpc) is 2.99. The van der Waals surface area contributed by atoms with Gasteiger partial charge in [-0.25, -0.2) is 14.4 Å². The van der Waals surface area contributed by atoms with Crippen LogP contribution in [0, 0.1) is 5.82 Å². The van der Waals surface area contributed by atoms with E-state index >= 15 is 0 Å². The summed E-state index contributed by atoms with van der Waals surface area (Å²) in [4.78, 5) is 14.5. The van der Waals surface area contributed by atoms with E-state index < -0.39 is 0 Å². The number of nitrogens with one attached hydrogen (secondary N) is 1. The number of anilines is 1. The molecule has 1 aromatic carbocycles. The van der Waals surface area contributed by atoms with Crippen LogP contribution in [0.25, 0.3) is 22.3 Å². The predicted octanol–water partition coefficient (Wildman–Crippen LogP) is 3.75. The number of hydrogen-bond acceptors (Lipinski definition) is 3. The van der Waals surface area contributed by atoms with Crippen molar-refractivity contribution in [1.82, 2.24) is 15.0 Å². The molecule has 3 heterocycles. The lowest BCUT2D eigenvalue weighted by Crippen LogP contribution is -2.30. The van der Waals surface area contributed by atoms with Gasteiger partial charge in [0.05, 0.1) is 18.1 Å². The first-order valence-electron chi connectivity index (χ1n) is 7.65. The fourth-order valence-corrected chi connectivity index (χ4v) is 2.98. The number of hydrogen-bond donors (Lipinski definition) is 1. The zero-order valence-corrected chi connectivity index (χ0v) is 12.2. The molecular weight excluding hydrogens is 279 g/mol. The van der Waals surface area contributed by atoms with Crippen LogP contribution in [-0.2, 0) is 0 Å². The minimum atomic E-state index is -0.243. The van der Waals surface area contributed by atoms with Crippen molar-refractivity contribution >= 4 is 16.7 Å². The van der Waals surface area contributed by atoms with Crippen molar-refractivity contribution in [2.75, 3.05) is 18.0 Å². The first kappa shape index (κ1) is 13.2. The summed E-state index contributed by atoms with van der Waals surface area (Å²) in [7, 11) is 0. The SMILES string of the molecule is Fc1ccc2cc(-c3cnc(N4CCCCC4)cn3)[nH]c2c1. The summed E-state index contributed by atoms with van der Waals surface area (Å²) in [5.74, 6) is 0.693. The van der Waals surface area contributed by atoms with Gasteiger partial charge in [-0.2, -0.15) is 0 Å². The standard InChI is InChI=1S/C17H17FN4/c18-13-5-4-12-8-15(21-14(12)9-13)16-10-20-17(11-19-16)22-6-2-1-3-7-22/h4-5,8-11,21H,1-3,6-7H2. The third kappa shape index (κ3) is 2.43. The Morgan fingerprint density at radius 1 is 1.00 bits per heavy atom. The van der Waals surface area contributed by atoms with Crippen molar-refractivity contribution in [1.29, 1.82) is 0 Å². The predicted molar refractivity (Wildman–Crippen MR) is 85.3 cm³/mol. The second kappa shape index (κ2) is 5.40. The molecule has 1 aliphatic heterocycles. The quantitative estimate of drug-likeness (QED) is 0.783. The van der Waals surface area contributed by atoms with Crippen molar-refractivity contribution in [2.24, 2.45) is 0 Å². The number of aromatic amines is 1. The average molecular weight is 296 g/mol. The van der Waals surface area contributed by atoms with Crippen molar-refractivity contribution in [3.8, 4) is 11.4 Å². The number of halogens is 1. The van der Waals surface area contributed by atoms with Gasteiger partial charge in [0, 0.05) is 24.0 Å². The maximum absolute atomic E-state index is 13.3. The number of rotatable bonds is 2. The highest BCUT2D eigenvalue weighted by Gasteiger charge is 2.13. The highest BCUT2D eigenvalue weighted by atomic mass is 19.1. The van der Waals surface area contributed by atoms with Gasteiger partial charge in [-0.1, -0.05) is 0 Å². The normalized spacial score (nSPS) is 15.4. The molecule has 0 amide bonds. The molecule has 1 aliphatic rings. The van der Waals surface area contributed by atoms with E-state index in [1.165, 1.54) is 31.4 Å². The lowest BCUT2D eigenvalue weighted by Gasteiger charge is -2.27. The van der Waals surface area contributed by atoms with Gasteiger partial charge in [0.1, 0.15) is 17.3 Å². The van der Waals surface area contributed by atoms with E-state index in [2.05, 4.69) is 19.9 Å². The second-order valence-corrected chi connectivity index (χ2v) is 5.72. The highest BCUT2D eigenvalue weighted by molar-refractivity contribution is 5.85. The van der Waals surface area contributed by atoms with Crippen LogP contribution in [0.4, 0.5) is 10.2 Å². The molecule has 5 heteroatoms. The number of benzene rings is 1. The fraction of sp³-hybridized carbons (Fsp3) is 0.294. The zero-order chi connectivity index (χ0) is 14.9. The van der Waals surface area contributed by atoms with Gasteiger partial charge in [-0.15, -0.1) is 0 Å². The molecule has 1 saturated heterocycles. The Balaban J connectivity index is 1.63. The van der Waals surface area contributed by atoms with Gasteiger partial charge in [0.15, 0.2) is 0 Å².